The predicted molar refractivity (Wildman–Crippen MR) is 139 cm³/mol. The molecule has 0 aliphatic heterocycles. The summed E-state index contributed by atoms with van der Waals surface area (Å²) in [5.41, 5.74) is 5.50. The molecule has 4 heteroatoms. The second kappa shape index (κ2) is 10.4. The van der Waals surface area contributed by atoms with E-state index in [9.17, 15) is 9.18 Å². The average molecular weight is 467 g/mol. The van der Waals surface area contributed by atoms with Crippen molar-refractivity contribution in [3.05, 3.63) is 102 Å². The third kappa shape index (κ3) is 5.27. The number of rotatable bonds is 6. The minimum atomic E-state index is -0.222. The van der Waals surface area contributed by atoms with Gasteiger partial charge in [0.15, 0.2) is 0 Å². The molecule has 1 N–H and O–H groups in total. The van der Waals surface area contributed by atoms with Gasteiger partial charge in [-0.15, -0.1) is 0 Å². The molecule has 1 atom stereocenters. The van der Waals surface area contributed by atoms with Crippen LogP contribution in [0.25, 0.3) is 22.0 Å². The molecule has 0 spiro atoms. The molecule has 1 aromatic heterocycles. The molecular weight excluding hydrogens is 435 g/mol. The van der Waals surface area contributed by atoms with Gasteiger partial charge in [-0.25, -0.2) is 4.39 Å². The van der Waals surface area contributed by atoms with Gasteiger partial charge in [-0.3, -0.25) is 9.78 Å². The first kappa shape index (κ1) is 23.2. The summed E-state index contributed by atoms with van der Waals surface area (Å²) < 4.78 is 13.9. The second-order valence-corrected chi connectivity index (χ2v) is 9.74. The van der Waals surface area contributed by atoms with Gasteiger partial charge in [-0.2, -0.15) is 0 Å². The molecule has 3 aromatic carbocycles. The van der Waals surface area contributed by atoms with Gasteiger partial charge in [-0.1, -0.05) is 61.5 Å². The van der Waals surface area contributed by atoms with Crippen LogP contribution in [0.5, 0.6) is 0 Å². The third-order valence-electron chi connectivity index (χ3n) is 7.60. The van der Waals surface area contributed by atoms with Crippen LogP contribution >= 0.6 is 0 Å². The summed E-state index contributed by atoms with van der Waals surface area (Å²) in [7, 11) is 0. The molecule has 1 heterocycles. The summed E-state index contributed by atoms with van der Waals surface area (Å²) in [5, 5.41) is 4.06. The van der Waals surface area contributed by atoms with E-state index >= 15 is 0 Å². The van der Waals surface area contributed by atoms with Crippen molar-refractivity contribution in [3.63, 3.8) is 0 Å². The van der Waals surface area contributed by atoms with Crippen molar-refractivity contribution >= 4 is 16.8 Å². The number of amides is 1. The van der Waals surface area contributed by atoms with Crippen molar-refractivity contribution in [1.29, 1.82) is 0 Å². The summed E-state index contributed by atoms with van der Waals surface area (Å²) in [6.45, 7) is 2.60. The molecule has 1 unspecified atom stereocenters. The number of fused-ring (bicyclic) bond motifs is 1. The van der Waals surface area contributed by atoms with Crippen LogP contribution < -0.4 is 5.32 Å². The van der Waals surface area contributed by atoms with E-state index in [2.05, 4.69) is 53.6 Å². The normalized spacial score (nSPS) is 18.8. The zero-order chi connectivity index (χ0) is 24.2. The van der Waals surface area contributed by atoms with Crippen molar-refractivity contribution < 1.29 is 9.18 Å². The van der Waals surface area contributed by atoms with E-state index in [0.717, 1.165) is 42.1 Å². The number of benzene rings is 3. The van der Waals surface area contributed by atoms with Crippen LogP contribution in [0.15, 0.2) is 85.1 Å². The number of hydrogen-bond acceptors (Lipinski definition) is 2. The number of pyridine rings is 1. The lowest BCUT2D eigenvalue weighted by Crippen LogP contribution is -2.34. The highest BCUT2D eigenvalue weighted by molar-refractivity contribution is 5.82. The summed E-state index contributed by atoms with van der Waals surface area (Å²) in [6, 6.07) is 25.5. The Balaban J connectivity index is 1.15. The quantitative estimate of drug-likeness (QED) is 0.325. The minimum Gasteiger partial charge on any atom is -0.352 e. The van der Waals surface area contributed by atoms with E-state index in [-0.39, 0.29) is 17.6 Å². The second-order valence-electron chi connectivity index (χ2n) is 9.74. The van der Waals surface area contributed by atoms with Gasteiger partial charge in [0.2, 0.25) is 5.91 Å². The van der Waals surface area contributed by atoms with Gasteiger partial charge < -0.3 is 5.32 Å². The van der Waals surface area contributed by atoms with Crippen molar-refractivity contribution in [1.82, 2.24) is 10.3 Å². The first-order chi connectivity index (χ1) is 17.1. The molecular formula is C31H31FN2O. The Bertz CT molecular complexity index is 1290. The van der Waals surface area contributed by atoms with Gasteiger partial charge in [0.1, 0.15) is 5.82 Å². The zero-order valence-corrected chi connectivity index (χ0v) is 20.1. The van der Waals surface area contributed by atoms with Crippen molar-refractivity contribution in [3.8, 4) is 11.1 Å². The molecule has 1 aliphatic rings. The van der Waals surface area contributed by atoms with E-state index < -0.39 is 0 Å². The van der Waals surface area contributed by atoms with Crippen LogP contribution in [0, 0.1) is 17.7 Å². The Hall–Kier alpha value is -3.53. The molecule has 0 radical (unpaired) electrons. The molecule has 1 fully saturated rings. The lowest BCUT2D eigenvalue weighted by atomic mass is 9.73. The Morgan fingerprint density at radius 1 is 0.943 bits per heavy atom. The van der Waals surface area contributed by atoms with Gasteiger partial charge in [0.25, 0.3) is 0 Å². The van der Waals surface area contributed by atoms with E-state index in [0.29, 0.717) is 18.4 Å². The molecule has 1 saturated carbocycles. The monoisotopic (exact) mass is 466 g/mol. The van der Waals surface area contributed by atoms with Crippen LogP contribution in [-0.4, -0.2) is 10.9 Å². The average Bonchev–Trinajstić information content (AvgIpc) is 2.92. The van der Waals surface area contributed by atoms with E-state index in [1.165, 1.54) is 22.8 Å². The third-order valence-corrected chi connectivity index (χ3v) is 7.60. The fourth-order valence-corrected chi connectivity index (χ4v) is 5.44. The number of carbonyl (C=O) groups excluding carboxylic acids is 1. The van der Waals surface area contributed by atoms with Crippen molar-refractivity contribution in [2.24, 2.45) is 11.8 Å². The highest BCUT2D eigenvalue weighted by Gasteiger charge is 2.30. The van der Waals surface area contributed by atoms with Gasteiger partial charge in [-0.05, 0) is 84.0 Å². The highest BCUT2D eigenvalue weighted by Crippen LogP contribution is 2.40. The van der Waals surface area contributed by atoms with Crippen LogP contribution in [-0.2, 0) is 11.3 Å². The number of carbonyl (C=O) groups is 1. The van der Waals surface area contributed by atoms with Crippen molar-refractivity contribution in [2.75, 3.05) is 0 Å². The molecule has 3 nitrogen and oxygen atoms in total. The summed E-state index contributed by atoms with van der Waals surface area (Å²) in [4.78, 5) is 17.3. The number of nitrogens with zero attached hydrogens (tertiary/aromatic N) is 1. The van der Waals surface area contributed by atoms with Crippen LogP contribution in [0.1, 0.15) is 49.7 Å². The first-order valence-electron chi connectivity index (χ1n) is 12.5. The smallest absolute Gasteiger partial charge is 0.223 e. The predicted octanol–water partition coefficient (Wildman–Crippen LogP) is 7.27. The van der Waals surface area contributed by atoms with Crippen LogP contribution in [0.2, 0.25) is 0 Å². The molecule has 5 rings (SSSR count). The van der Waals surface area contributed by atoms with E-state index in [4.69, 9.17) is 0 Å². The SMILES string of the molecule is CC(C(=O)NCc1ccc(-c2ccccc2)cc1)C1CCC(c2ccnc3ccc(F)cc23)CC1. The number of aromatic nitrogens is 1. The molecule has 178 valence electrons. The number of hydrogen-bond donors (Lipinski definition) is 1. The molecule has 1 amide bonds. The maximum absolute atomic E-state index is 13.9. The lowest BCUT2D eigenvalue weighted by molar-refractivity contribution is -0.126. The summed E-state index contributed by atoms with van der Waals surface area (Å²) in [5.74, 6) is 0.636. The van der Waals surface area contributed by atoms with Gasteiger partial charge in [0, 0.05) is 24.0 Å². The molecule has 4 aromatic rings. The molecule has 35 heavy (non-hydrogen) atoms. The Morgan fingerprint density at radius 3 is 2.40 bits per heavy atom. The van der Waals surface area contributed by atoms with Crippen molar-refractivity contribution in [2.45, 2.75) is 45.1 Å². The first-order valence-corrected chi connectivity index (χ1v) is 12.5. The largest absolute Gasteiger partial charge is 0.352 e. The maximum Gasteiger partial charge on any atom is 0.223 e. The highest BCUT2D eigenvalue weighted by atomic mass is 19.1. The Kier molecular flexibility index (Phi) is 6.89. The van der Waals surface area contributed by atoms with Gasteiger partial charge in [0.05, 0.1) is 5.52 Å². The standard InChI is InChI=1S/C31H31FN2O/c1-21(31(35)34-20-22-7-9-25(10-8-22)24-5-3-2-4-6-24)23-11-13-26(14-12-23)28-17-18-33-30-16-15-27(32)19-29(28)30/h2-10,15-19,21,23,26H,11-14,20H2,1H3,(H,34,35). The topological polar surface area (TPSA) is 42.0 Å². The molecule has 0 saturated heterocycles. The fourth-order valence-electron chi connectivity index (χ4n) is 5.44. The molecule has 0 bridgehead atoms. The number of nitrogens with one attached hydrogen (secondary N) is 1. The zero-order valence-electron chi connectivity index (χ0n) is 20.1. The lowest BCUT2D eigenvalue weighted by Gasteiger charge is -2.32. The Labute approximate surface area is 206 Å². The minimum absolute atomic E-state index is 0.0221. The van der Waals surface area contributed by atoms with E-state index in [1.807, 2.05) is 30.5 Å². The van der Waals surface area contributed by atoms with Gasteiger partial charge >= 0.3 is 0 Å². The maximum atomic E-state index is 13.9. The molecule has 1 aliphatic carbocycles. The number of halogens is 1. The van der Waals surface area contributed by atoms with Crippen LogP contribution in [0.4, 0.5) is 4.39 Å². The summed E-state index contributed by atoms with van der Waals surface area (Å²) >= 11 is 0. The van der Waals surface area contributed by atoms with E-state index in [1.54, 1.807) is 12.1 Å². The Morgan fingerprint density at radius 2 is 1.66 bits per heavy atom. The fraction of sp³-hybridized carbons (Fsp3) is 0.290. The van der Waals surface area contributed by atoms with Crippen LogP contribution in [0.3, 0.4) is 0 Å². The summed E-state index contributed by atoms with van der Waals surface area (Å²) in [6.07, 6.45) is 5.86.